The number of hydrogen-bond acceptors (Lipinski definition) is 3. The summed E-state index contributed by atoms with van der Waals surface area (Å²) in [5.74, 6) is 11.1. The molecule has 1 heterocycles. The van der Waals surface area contributed by atoms with Crippen LogP contribution in [0.15, 0.2) is 0 Å². The fraction of sp³-hybridized carbons (Fsp3) is 0.588. The van der Waals surface area contributed by atoms with Gasteiger partial charge in [-0.05, 0) is 31.1 Å². The average molecular weight is 301 g/mol. The molecule has 0 unspecified atom stereocenters. The summed E-state index contributed by atoms with van der Waals surface area (Å²) in [6.45, 7) is 3.86. The zero-order valence-corrected chi connectivity index (χ0v) is 13.6. The summed E-state index contributed by atoms with van der Waals surface area (Å²) in [6.07, 6.45) is 8.24. The molecule has 5 nitrogen and oxygen atoms in total. The third kappa shape index (κ3) is 5.61. The van der Waals surface area contributed by atoms with Crippen LogP contribution in [0, 0.1) is 40.7 Å². The Bertz CT molecular complexity index is 624. The molecule has 0 saturated heterocycles. The third-order valence-corrected chi connectivity index (χ3v) is 3.47. The van der Waals surface area contributed by atoms with Gasteiger partial charge in [0.25, 0.3) is 0 Å². The van der Waals surface area contributed by atoms with Gasteiger partial charge in [0.15, 0.2) is 0 Å². The molecule has 22 heavy (non-hydrogen) atoms. The van der Waals surface area contributed by atoms with Crippen molar-refractivity contribution in [3.8, 4) is 23.7 Å². The first-order chi connectivity index (χ1) is 10.6. The van der Waals surface area contributed by atoms with Crippen LogP contribution in [0.1, 0.15) is 63.3 Å². The standard InChI is InChI=1S/C17H23N3O2/c1-4-5-6-7-8-9-10-11-12-13-14-16-17(20(21)22)15(2)19(3)18-16/h4-10H2,1-3H3. The Labute approximate surface area is 132 Å². The van der Waals surface area contributed by atoms with E-state index in [2.05, 4.69) is 35.7 Å². The minimum atomic E-state index is -0.448. The summed E-state index contributed by atoms with van der Waals surface area (Å²) >= 11 is 0. The molecule has 0 atom stereocenters. The Morgan fingerprint density at radius 2 is 1.86 bits per heavy atom. The maximum Gasteiger partial charge on any atom is 0.325 e. The number of rotatable bonds is 7. The van der Waals surface area contributed by atoms with Gasteiger partial charge in [-0.1, -0.05) is 44.9 Å². The molecule has 1 aromatic heterocycles. The number of unbranched alkanes of at least 4 members (excludes halogenated alkanes) is 6. The van der Waals surface area contributed by atoms with E-state index in [1.807, 2.05) is 0 Å². The normalized spacial score (nSPS) is 9.59. The summed E-state index contributed by atoms with van der Waals surface area (Å²) < 4.78 is 1.46. The van der Waals surface area contributed by atoms with E-state index in [-0.39, 0.29) is 11.4 Å². The topological polar surface area (TPSA) is 61.0 Å². The van der Waals surface area contributed by atoms with Crippen LogP contribution in [0.5, 0.6) is 0 Å². The smallest absolute Gasteiger partial charge is 0.264 e. The Morgan fingerprint density at radius 3 is 2.55 bits per heavy atom. The van der Waals surface area contributed by atoms with Crippen LogP contribution in [0.25, 0.3) is 0 Å². The lowest BCUT2D eigenvalue weighted by molar-refractivity contribution is -0.385. The average Bonchev–Trinajstić information content (AvgIpc) is 2.76. The van der Waals surface area contributed by atoms with E-state index in [1.165, 1.54) is 36.8 Å². The van der Waals surface area contributed by atoms with E-state index >= 15 is 0 Å². The highest BCUT2D eigenvalue weighted by atomic mass is 16.6. The predicted octanol–water partition coefficient (Wildman–Crippen LogP) is 3.74. The molecule has 0 N–H and O–H groups in total. The van der Waals surface area contributed by atoms with Crippen molar-refractivity contribution < 1.29 is 4.92 Å². The van der Waals surface area contributed by atoms with Crippen LogP contribution in [-0.2, 0) is 7.05 Å². The second-order valence-corrected chi connectivity index (χ2v) is 5.23. The number of aromatic nitrogens is 2. The molecule has 0 fully saturated rings. The Balaban J connectivity index is 2.47. The monoisotopic (exact) mass is 301 g/mol. The molecular weight excluding hydrogens is 278 g/mol. The molecule has 5 heteroatoms. The van der Waals surface area contributed by atoms with Crippen molar-refractivity contribution >= 4 is 5.69 Å². The fourth-order valence-electron chi connectivity index (χ4n) is 2.09. The molecule has 1 rings (SSSR count). The molecule has 0 aliphatic rings. The third-order valence-electron chi connectivity index (χ3n) is 3.47. The maximum atomic E-state index is 11.0. The Morgan fingerprint density at radius 1 is 1.18 bits per heavy atom. The minimum Gasteiger partial charge on any atom is -0.264 e. The van der Waals surface area contributed by atoms with Crippen molar-refractivity contribution in [2.45, 2.75) is 58.8 Å². The van der Waals surface area contributed by atoms with Crippen molar-refractivity contribution in [3.05, 3.63) is 21.5 Å². The van der Waals surface area contributed by atoms with E-state index in [9.17, 15) is 10.1 Å². The summed E-state index contributed by atoms with van der Waals surface area (Å²) in [5, 5.41) is 15.0. The maximum absolute atomic E-state index is 11.0. The number of nitro groups is 1. The van der Waals surface area contributed by atoms with E-state index in [0.717, 1.165) is 12.8 Å². The van der Waals surface area contributed by atoms with Crippen LogP contribution in [-0.4, -0.2) is 14.7 Å². The Kier molecular flexibility index (Phi) is 7.78. The largest absolute Gasteiger partial charge is 0.325 e. The van der Waals surface area contributed by atoms with Crippen molar-refractivity contribution in [1.82, 2.24) is 9.78 Å². The molecule has 0 amide bonds. The highest BCUT2D eigenvalue weighted by Gasteiger charge is 2.21. The lowest BCUT2D eigenvalue weighted by Gasteiger charge is -1.96. The van der Waals surface area contributed by atoms with Crippen LogP contribution >= 0.6 is 0 Å². The number of hydrogen-bond donors (Lipinski definition) is 0. The van der Waals surface area contributed by atoms with Crippen LogP contribution in [0.2, 0.25) is 0 Å². The van der Waals surface area contributed by atoms with Crippen molar-refractivity contribution in [2.24, 2.45) is 7.05 Å². The second kappa shape index (κ2) is 9.63. The van der Waals surface area contributed by atoms with Gasteiger partial charge in [-0.25, -0.2) is 0 Å². The summed E-state index contributed by atoms with van der Waals surface area (Å²) in [4.78, 5) is 10.5. The number of aryl methyl sites for hydroxylation is 1. The highest BCUT2D eigenvalue weighted by Crippen LogP contribution is 2.20. The molecule has 0 aliphatic carbocycles. The molecule has 0 aromatic carbocycles. The first kappa shape index (κ1) is 17.8. The quantitative estimate of drug-likeness (QED) is 0.333. The van der Waals surface area contributed by atoms with Crippen LogP contribution in [0.3, 0.4) is 0 Å². The van der Waals surface area contributed by atoms with E-state index in [0.29, 0.717) is 5.69 Å². The van der Waals surface area contributed by atoms with Gasteiger partial charge < -0.3 is 0 Å². The summed E-state index contributed by atoms with van der Waals surface area (Å²) in [7, 11) is 1.66. The van der Waals surface area contributed by atoms with Crippen molar-refractivity contribution in [1.29, 1.82) is 0 Å². The summed E-state index contributed by atoms with van der Waals surface area (Å²) in [5.41, 5.74) is 0.640. The number of nitrogens with zero attached hydrogens (tertiary/aromatic N) is 3. The van der Waals surface area contributed by atoms with Gasteiger partial charge in [0, 0.05) is 13.5 Å². The van der Waals surface area contributed by atoms with E-state index < -0.39 is 4.92 Å². The zero-order chi connectivity index (χ0) is 16.4. The van der Waals surface area contributed by atoms with Crippen LogP contribution < -0.4 is 0 Å². The molecule has 0 bridgehead atoms. The van der Waals surface area contributed by atoms with Crippen molar-refractivity contribution in [2.75, 3.05) is 0 Å². The van der Waals surface area contributed by atoms with Gasteiger partial charge in [-0.3, -0.25) is 14.8 Å². The van der Waals surface area contributed by atoms with Gasteiger partial charge in [-0.15, -0.1) is 0 Å². The lowest BCUT2D eigenvalue weighted by atomic mass is 10.1. The minimum absolute atomic E-state index is 0.0345. The second-order valence-electron chi connectivity index (χ2n) is 5.23. The molecule has 0 radical (unpaired) electrons. The van der Waals surface area contributed by atoms with Gasteiger partial charge in [-0.2, -0.15) is 5.10 Å². The van der Waals surface area contributed by atoms with Crippen LogP contribution in [0.4, 0.5) is 5.69 Å². The zero-order valence-electron chi connectivity index (χ0n) is 13.6. The van der Waals surface area contributed by atoms with Crippen molar-refractivity contribution in [3.63, 3.8) is 0 Å². The molecule has 0 saturated carbocycles. The Hall–Kier alpha value is -2.27. The van der Waals surface area contributed by atoms with E-state index in [4.69, 9.17) is 0 Å². The molecule has 1 aromatic rings. The van der Waals surface area contributed by atoms with Gasteiger partial charge in [0.1, 0.15) is 5.69 Å². The van der Waals surface area contributed by atoms with Gasteiger partial charge in [0.2, 0.25) is 5.69 Å². The lowest BCUT2D eigenvalue weighted by Crippen LogP contribution is -1.94. The highest BCUT2D eigenvalue weighted by molar-refractivity contribution is 5.51. The molecular formula is C17H23N3O2. The van der Waals surface area contributed by atoms with E-state index in [1.54, 1.807) is 14.0 Å². The predicted molar refractivity (Wildman–Crippen MR) is 87.2 cm³/mol. The molecule has 0 spiro atoms. The fourth-order valence-corrected chi connectivity index (χ4v) is 2.09. The summed E-state index contributed by atoms with van der Waals surface area (Å²) in [6, 6.07) is 0. The van der Waals surface area contributed by atoms with Gasteiger partial charge in [0.05, 0.1) is 4.92 Å². The SMILES string of the molecule is CCCCCCCCC#CC#Cc1nn(C)c(C)c1[N+](=O)[O-]. The molecule has 118 valence electrons. The van der Waals surface area contributed by atoms with Gasteiger partial charge >= 0.3 is 5.69 Å². The first-order valence-corrected chi connectivity index (χ1v) is 7.74. The molecule has 0 aliphatic heterocycles. The first-order valence-electron chi connectivity index (χ1n) is 7.74.